The van der Waals surface area contributed by atoms with E-state index in [-0.39, 0.29) is 11.7 Å². The van der Waals surface area contributed by atoms with E-state index >= 15 is 0 Å². The Morgan fingerprint density at radius 2 is 2.24 bits per heavy atom. The molecule has 2 rings (SSSR count). The maximum atomic E-state index is 11.2. The molecule has 0 radical (unpaired) electrons. The molecular weight excluding hydrogens is 236 g/mol. The molecule has 0 saturated carbocycles. The number of aromatic hydroxyl groups is 1. The summed E-state index contributed by atoms with van der Waals surface area (Å²) in [6.07, 6.45) is 1.10. The van der Waals surface area contributed by atoms with E-state index in [1.165, 1.54) is 0 Å². The first-order valence-corrected chi connectivity index (χ1v) is 6.37. The molecule has 0 unspecified atom stereocenters. The molecule has 0 fully saturated rings. The van der Waals surface area contributed by atoms with E-state index in [2.05, 4.69) is 0 Å². The molecule has 0 saturated heterocycles. The number of thiophene rings is 1. The predicted molar refractivity (Wildman–Crippen MR) is 68.4 cm³/mol. The van der Waals surface area contributed by atoms with E-state index in [0.717, 1.165) is 15.0 Å². The van der Waals surface area contributed by atoms with Gasteiger partial charge in [0, 0.05) is 9.58 Å². The minimum atomic E-state index is -0.159. The Hall–Kier alpha value is -1.55. The van der Waals surface area contributed by atoms with Crippen LogP contribution in [-0.4, -0.2) is 17.7 Å². The molecule has 1 aromatic carbocycles. The lowest BCUT2D eigenvalue weighted by molar-refractivity contribution is -0.143. The van der Waals surface area contributed by atoms with Crippen molar-refractivity contribution in [3.8, 4) is 5.75 Å². The summed E-state index contributed by atoms with van der Waals surface area (Å²) in [7, 11) is 0. The number of phenolic OH excluding ortho intramolecular Hbond substituents is 1. The molecule has 1 aromatic heterocycles. The predicted octanol–water partition coefficient (Wildman–Crippen LogP) is 3.10. The fourth-order valence-electron chi connectivity index (χ4n) is 1.67. The zero-order valence-corrected chi connectivity index (χ0v) is 10.4. The van der Waals surface area contributed by atoms with Crippen molar-refractivity contribution in [1.82, 2.24) is 0 Å². The number of carbonyl (C=O) groups excluding carboxylic acids is 1. The minimum absolute atomic E-state index is 0.159. The van der Waals surface area contributed by atoms with Crippen molar-refractivity contribution in [2.24, 2.45) is 0 Å². The molecule has 3 nitrogen and oxygen atoms in total. The van der Waals surface area contributed by atoms with Crippen molar-refractivity contribution < 1.29 is 14.6 Å². The van der Waals surface area contributed by atoms with Crippen molar-refractivity contribution in [3.05, 3.63) is 29.1 Å². The van der Waals surface area contributed by atoms with Crippen LogP contribution in [0.1, 0.15) is 18.2 Å². The number of hydrogen-bond acceptors (Lipinski definition) is 4. The Morgan fingerprint density at radius 1 is 1.41 bits per heavy atom. The SMILES string of the molecule is CCOC(=O)CCc1cc2cc(O)ccc2s1. The van der Waals surface area contributed by atoms with E-state index in [1.54, 1.807) is 30.4 Å². The fraction of sp³-hybridized carbons (Fsp3) is 0.308. The van der Waals surface area contributed by atoms with E-state index in [0.29, 0.717) is 19.4 Å². The maximum absolute atomic E-state index is 11.2. The van der Waals surface area contributed by atoms with Crippen LogP contribution in [0.3, 0.4) is 0 Å². The molecule has 17 heavy (non-hydrogen) atoms. The minimum Gasteiger partial charge on any atom is -0.508 e. The highest BCUT2D eigenvalue weighted by Crippen LogP contribution is 2.29. The number of fused-ring (bicyclic) bond motifs is 1. The van der Waals surface area contributed by atoms with Crippen molar-refractivity contribution >= 4 is 27.4 Å². The van der Waals surface area contributed by atoms with Crippen LogP contribution in [0.5, 0.6) is 5.75 Å². The lowest BCUT2D eigenvalue weighted by atomic mass is 10.2. The standard InChI is InChI=1S/C13H14O3S/c1-2-16-13(15)6-4-11-8-9-7-10(14)3-5-12(9)17-11/h3,5,7-8,14H,2,4,6H2,1H3. The van der Waals surface area contributed by atoms with Gasteiger partial charge in [0.2, 0.25) is 0 Å². The average Bonchev–Trinajstić information content (AvgIpc) is 2.68. The number of hydrogen-bond donors (Lipinski definition) is 1. The highest BCUT2D eigenvalue weighted by atomic mass is 32.1. The Bertz CT molecular complexity index is 530. The highest BCUT2D eigenvalue weighted by Gasteiger charge is 2.06. The lowest BCUT2D eigenvalue weighted by Crippen LogP contribution is -2.04. The van der Waals surface area contributed by atoms with Crippen molar-refractivity contribution in [2.45, 2.75) is 19.8 Å². The number of aryl methyl sites for hydroxylation is 1. The molecule has 0 spiro atoms. The number of phenols is 1. The van der Waals surface area contributed by atoms with Gasteiger partial charge in [-0.3, -0.25) is 4.79 Å². The Morgan fingerprint density at radius 3 is 3.00 bits per heavy atom. The molecule has 0 atom stereocenters. The first-order valence-electron chi connectivity index (χ1n) is 5.56. The topological polar surface area (TPSA) is 46.5 Å². The van der Waals surface area contributed by atoms with Crippen molar-refractivity contribution in [1.29, 1.82) is 0 Å². The fourth-order valence-corrected chi connectivity index (χ4v) is 2.71. The summed E-state index contributed by atoms with van der Waals surface area (Å²) in [5.74, 6) is 0.111. The third-order valence-electron chi connectivity index (χ3n) is 2.43. The maximum Gasteiger partial charge on any atom is 0.306 e. The Kier molecular flexibility index (Phi) is 3.64. The van der Waals surface area contributed by atoms with E-state index in [4.69, 9.17) is 4.74 Å². The molecule has 90 valence electrons. The van der Waals surface area contributed by atoms with E-state index in [9.17, 15) is 9.90 Å². The Labute approximate surface area is 104 Å². The van der Waals surface area contributed by atoms with Crippen LogP contribution >= 0.6 is 11.3 Å². The van der Waals surface area contributed by atoms with Gasteiger partial charge in [-0.25, -0.2) is 0 Å². The molecule has 0 aliphatic carbocycles. The van der Waals surface area contributed by atoms with Gasteiger partial charge in [-0.2, -0.15) is 0 Å². The number of benzene rings is 1. The third-order valence-corrected chi connectivity index (χ3v) is 3.61. The number of rotatable bonds is 4. The second kappa shape index (κ2) is 5.19. The van der Waals surface area contributed by atoms with Crippen LogP contribution in [0.4, 0.5) is 0 Å². The third kappa shape index (κ3) is 2.97. The number of ether oxygens (including phenoxy) is 1. The van der Waals surface area contributed by atoms with Gasteiger partial charge in [-0.15, -0.1) is 11.3 Å². The second-order valence-corrected chi connectivity index (χ2v) is 4.91. The highest BCUT2D eigenvalue weighted by molar-refractivity contribution is 7.19. The van der Waals surface area contributed by atoms with Gasteiger partial charge in [-0.05, 0) is 43.0 Å². The van der Waals surface area contributed by atoms with Crippen LogP contribution in [-0.2, 0) is 16.0 Å². The molecule has 2 aromatic rings. The summed E-state index contributed by atoms with van der Waals surface area (Å²) in [4.78, 5) is 12.4. The molecule has 1 N–H and O–H groups in total. The van der Waals surface area contributed by atoms with Gasteiger partial charge < -0.3 is 9.84 Å². The zero-order chi connectivity index (χ0) is 12.3. The van der Waals surface area contributed by atoms with Gasteiger partial charge in [-0.1, -0.05) is 0 Å². The normalized spacial score (nSPS) is 10.6. The molecule has 0 amide bonds. The number of esters is 1. The summed E-state index contributed by atoms with van der Waals surface area (Å²) in [5.41, 5.74) is 0. The lowest BCUT2D eigenvalue weighted by Gasteiger charge is -1.99. The smallest absolute Gasteiger partial charge is 0.306 e. The van der Waals surface area contributed by atoms with Crippen molar-refractivity contribution in [2.75, 3.05) is 6.61 Å². The second-order valence-electron chi connectivity index (χ2n) is 3.74. The molecule has 0 bridgehead atoms. The summed E-state index contributed by atoms with van der Waals surface area (Å²) in [5, 5.41) is 10.4. The van der Waals surface area contributed by atoms with Crippen LogP contribution in [0, 0.1) is 0 Å². The summed E-state index contributed by atoms with van der Waals surface area (Å²) in [6.45, 7) is 2.24. The monoisotopic (exact) mass is 250 g/mol. The van der Waals surface area contributed by atoms with Gasteiger partial charge >= 0.3 is 5.97 Å². The van der Waals surface area contributed by atoms with Crippen LogP contribution in [0.15, 0.2) is 24.3 Å². The molecule has 0 aliphatic heterocycles. The zero-order valence-electron chi connectivity index (χ0n) is 9.60. The van der Waals surface area contributed by atoms with Gasteiger partial charge in [0.15, 0.2) is 0 Å². The average molecular weight is 250 g/mol. The van der Waals surface area contributed by atoms with E-state index < -0.39 is 0 Å². The quantitative estimate of drug-likeness (QED) is 0.848. The first kappa shape index (κ1) is 11.9. The Balaban J connectivity index is 2.07. The molecular formula is C13H14O3S. The molecule has 0 aliphatic rings. The van der Waals surface area contributed by atoms with Crippen LogP contribution in [0.25, 0.3) is 10.1 Å². The van der Waals surface area contributed by atoms with Gasteiger partial charge in [0.05, 0.1) is 13.0 Å². The summed E-state index contributed by atoms with van der Waals surface area (Å²) >= 11 is 1.65. The summed E-state index contributed by atoms with van der Waals surface area (Å²) < 4.78 is 6.01. The van der Waals surface area contributed by atoms with Gasteiger partial charge in [0.1, 0.15) is 5.75 Å². The number of carbonyl (C=O) groups is 1. The summed E-state index contributed by atoms with van der Waals surface area (Å²) in [6, 6.07) is 7.32. The largest absolute Gasteiger partial charge is 0.508 e. The molecule has 1 heterocycles. The first-order chi connectivity index (χ1) is 8.19. The van der Waals surface area contributed by atoms with Crippen LogP contribution in [0.2, 0.25) is 0 Å². The van der Waals surface area contributed by atoms with Gasteiger partial charge in [0.25, 0.3) is 0 Å². The van der Waals surface area contributed by atoms with Crippen molar-refractivity contribution in [3.63, 3.8) is 0 Å². The van der Waals surface area contributed by atoms with Crippen LogP contribution < -0.4 is 0 Å². The molecule has 4 heteroatoms. The van der Waals surface area contributed by atoms with E-state index in [1.807, 2.05) is 12.1 Å².